The summed E-state index contributed by atoms with van der Waals surface area (Å²) in [5.74, 6) is -0.249. The molecule has 2 N–H and O–H groups in total. The Bertz CT molecular complexity index is 293. The van der Waals surface area contributed by atoms with Gasteiger partial charge in [-0.05, 0) is 0 Å². The van der Waals surface area contributed by atoms with Crippen LogP contribution in [0, 0.1) is 0 Å². The zero-order valence-electron chi connectivity index (χ0n) is 7.56. The molecule has 14 heavy (non-hydrogen) atoms. The number of morpholine rings is 1. The molecule has 1 aromatic rings. The van der Waals surface area contributed by atoms with E-state index in [9.17, 15) is 4.79 Å². The normalized spacial score (nSPS) is 18.0. The Morgan fingerprint density at radius 1 is 1.57 bits per heavy atom. The molecule has 0 radical (unpaired) electrons. The van der Waals surface area contributed by atoms with Gasteiger partial charge in [-0.15, -0.1) is 0 Å². The fourth-order valence-corrected chi connectivity index (χ4v) is 1.19. The highest BCUT2D eigenvalue weighted by molar-refractivity contribution is 5.91. The second-order valence-corrected chi connectivity index (χ2v) is 2.90. The van der Waals surface area contributed by atoms with E-state index in [0.29, 0.717) is 26.3 Å². The molecule has 1 aliphatic rings. The summed E-state index contributed by atoms with van der Waals surface area (Å²) >= 11 is 0. The number of aromatic amines is 1. The van der Waals surface area contributed by atoms with Gasteiger partial charge in [0.25, 0.3) is 5.91 Å². The number of hydrogen-bond donors (Lipinski definition) is 2. The molecule has 0 unspecified atom stereocenters. The molecular formula is C7H11N5O2. The van der Waals surface area contributed by atoms with Gasteiger partial charge in [-0.1, -0.05) is 0 Å². The first-order valence-electron chi connectivity index (χ1n) is 4.36. The number of hydrazine groups is 1. The van der Waals surface area contributed by atoms with Crippen molar-refractivity contribution in [3.8, 4) is 0 Å². The quantitative estimate of drug-likeness (QED) is 0.621. The van der Waals surface area contributed by atoms with Gasteiger partial charge in [0.2, 0.25) is 0 Å². The average Bonchev–Trinajstić information content (AvgIpc) is 2.72. The van der Waals surface area contributed by atoms with Gasteiger partial charge in [-0.3, -0.25) is 10.2 Å². The first kappa shape index (κ1) is 9.10. The van der Waals surface area contributed by atoms with Gasteiger partial charge in [0.15, 0.2) is 5.69 Å². The van der Waals surface area contributed by atoms with Crippen LogP contribution in [0.4, 0.5) is 0 Å². The van der Waals surface area contributed by atoms with Crippen molar-refractivity contribution in [1.82, 2.24) is 25.8 Å². The minimum absolute atomic E-state index is 0.249. The first-order valence-corrected chi connectivity index (χ1v) is 4.36. The summed E-state index contributed by atoms with van der Waals surface area (Å²) in [7, 11) is 0. The molecule has 76 valence electrons. The Hall–Kier alpha value is -1.47. The fraction of sp³-hybridized carbons (Fsp3) is 0.571. The number of hydrogen-bond acceptors (Lipinski definition) is 5. The van der Waals surface area contributed by atoms with Crippen LogP contribution in [0.25, 0.3) is 0 Å². The van der Waals surface area contributed by atoms with E-state index < -0.39 is 0 Å². The number of ether oxygens (including phenoxy) is 1. The van der Waals surface area contributed by atoms with Gasteiger partial charge >= 0.3 is 0 Å². The monoisotopic (exact) mass is 197 g/mol. The molecular weight excluding hydrogens is 186 g/mol. The Kier molecular flexibility index (Phi) is 2.70. The number of nitrogens with zero attached hydrogens (tertiary/aromatic N) is 3. The van der Waals surface area contributed by atoms with E-state index in [1.807, 2.05) is 0 Å². The maximum absolute atomic E-state index is 11.5. The van der Waals surface area contributed by atoms with E-state index in [0.717, 1.165) is 0 Å². The Morgan fingerprint density at radius 2 is 2.36 bits per heavy atom. The lowest BCUT2D eigenvalue weighted by atomic mass is 10.4. The van der Waals surface area contributed by atoms with Crippen LogP contribution in [-0.2, 0) is 4.74 Å². The molecule has 7 nitrogen and oxygen atoms in total. The maximum atomic E-state index is 11.5. The third-order valence-corrected chi connectivity index (χ3v) is 1.92. The zero-order valence-corrected chi connectivity index (χ0v) is 7.56. The van der Waals surface area contributed by atoms with Crippen molar-refractivity contribution in [2.45, 2.75) is 0 Å². The lowest BCUT2D eigenvalue weighted by Gasteiger charge is -2.26. The second-order valence-electron chi connectivity index (χ2n) is 2.90. The number of H-pyrrole nitrogens is 1. The van der Waals surface area contributed by atoms with Crippen molar-refractivity contribution in [2.75, 3.05) is 26.3 Å². The number of aromatic nitrogens is 3. The summed E-state index contributed by atoms with van der Waals surface area (Å²) in [4.78, 5) is 11.5. The van der Waals surface area contributed by atoms with Gasteiger partial charge in [0.05, 0.1) is 19.4 Å². The number of carbonyl (C=O) groups is 1. The summed E-state index contributed by atoms with van der Waals surface area (Å²) in [5.41, 5.74) is 3.00. The van der Waals surface area contributed by atoms with Crippen molar-refractivity contribution in [2.24, 2.45) is 0 Å². The molecule has 7 heteroatoms. The molecule has 2 heterocycles. The van der Waals surface area contributed by atoms with Crippen LogP contribution in [-0.4, -0.2) is 52.6 Å². The van der Waals surface area contributed by atoms with Gasteiger partial charge in [0.1, 0.15) is 0 Å². The Labute approximate surface area is 80.4 Å². The number of carbonyl (C=O) groups excluding carboxylic acids is 1. The lowest BCUT2D eigenvalue weighted by Crippen LogP contribution is -2.48. The van der Waals surface area contributed by atoms with Gasteiger partial charge in [-0.25, -0.2) is 5.01 Å². The third kappa shape index (κ3) is 2.06. The van der Waals surface area contributed by atoms with E-state index in [-0.39, 0.29) is 11.6 Å². The van der Waals surface area contributed by atoms with Crippen LogP contribution in [0.1, 0.15) is 10.5 Å². The van der Waals surface area contributed by atoms with Crippen LogP contribution in [0.5, 0.6) is 0 Å². The number of nitrogens with one attached hydrogen (secondary N) is 2. The van der Waals surface area contributed by atoms with Crippen molar-refractivity contribution in [3.05, 3.63) is 11.9 Å². The molecule has 1 saturated heterocycles. The van der Waals surface area contributed by atoms with Gasteiger partial charge < -0.3 is 4.74 Å². The van der Waals surface area contributed by atoms with E-state index >= 15 is 0 Å². The molecule has 1 amide bonds. The molecule has 1 aromatic heterocycles. The van der Waals surface area contributed by atoms with Crippen LogP contribution < -0.4 is 5.43 Å². The molecule has 0 saturated carbocycles. The summed E-state index contributed by atoms with van der Waals surface area (Å²) in [6, 6.07) is 0. The summed E-state index contributed by atoms with van der Waals surface area (Å²) in [6.45, 7) is 2.67. The number of rotatable bonds is 2. The Morgan fingerprint density at radius 3 is 3.00 bits per heavy atom. The van der Waals surface area contributed by atoms with E-state index in [1.165, 1.54) is 6.20 Å². The minimum Gasteiger partial charge on any atom is -0.379 e. The highest BCUT2D eigenvalue weighted by atomic mass is 16.5. The first-order chi connectivity index (χ1) is 6.86. The minimum atomic E-state index is -0.249. The van der Waals surface area contributed by atoms with E-state index in [2.05, 4.69) is 20.8 Å². The van der Waals surface area contributed by atoms with Crippen LogP contribution in [0.15, 0.2) is 6.20 Å². The van der Waals surface area contributed by atoms with Crippen LogP contribution >= 0.6 is 0 Å². The highest BCUT2D eigenvalue weighted by Crippen LogP contribution is 1.95. The summed E-state index contributed by atoms with van der Waals surface area (Å²) in [5, 5.41) is 11.4. The van der Waals surface area contributed by atoms with Crippen molar-refractivity contribution >= 4 is 5.91 Å². The third-order valence-electron chi connectivity index (χ3n) is 1.92. The molecule has 0 bridgehead atoms. The van der Waals surface area contributed by atoms with Crippen LogP contribution in [0.2, 0.25) is 0 Å². The standard InChI is InChI=1S/C7H11N5O2/c13-7(6-5-8-11-9-6)10-12-1-3-14-4-2-12/h5H,1-4H2,(H,10,13)(H,8,9,11). The largest absolute Gasteiger partial charge is 0.379 e. The second kappa shape index (κ2) is 4.16. The predicted octanol–water partition coefficient (Wildman–Crippen LogP) is -1.22. The maximum Gasteiger partial charge on any atom is 0.287 e. The lowest BCUT2D eigenvalue weighted by molar-refractivity contribution is 0.0124. The molecule has 1 fully saturated rings. The van der Waals surface area contributed by atoms with Crippen molar-refractivity contribution in [3.63, 3.8) is 0 Å². The van der Waals surface area contributed by atoms with E-state index in [4.69, 9.17) is 4.74 Å². The van der Waals surface area contributed by atoms with Gasteiger partial charge in [0, 0.05) is 13.1 Å². The van der Waals surface area contributed by atoms with Crippen LogP contribution in [0.3, 0.4) is 0 Å². The molecule has 0 spiro atoms. The molecule has 0 aliphatic carbocycles. The fourth-order valence-electron chi connectivity index (χ4n) is 1.19. The molecule has 1 aliphatic heterocycles. The van der Waals surface area contributed by atoms with Gasteiger partial charge in [-0.2, -0.15) is 15.4 Å². The summed E-state index contributed by atoms with van der Waals surface area (Å²) in [6.07, 6.45) is 1.38. The number of amides is 1. The smallest absolute Gasteiger partial charge is 0.287 e. The predicted molar refractivity (Wildman–Crippen MR) is 46.2 cm³/mol. The average molecular weight is 197 g/mol. The summed E-state index contributed by atoms with van der Waals surface area (Å²) < 4.78 is 5.14. The highest BCUT2D eigenvalue weighted by Gasteiger charge is 2.15. The van der Waals surface area contributed by atoms with Crippen molar-refractivity contribution in [1.29, 1.82) is 0 Å². The zero-order chi connectivity index (χ0) is 9.80. The molecule has 2 rings (SSSR count). The Balaban J connectivity index is 1.87. The molecule has 0 atom stereocenters. The molecule has 0 aromatic carbocycles. The van der Waals surface area contributed by atoms with Crippen molar-refractivity contribution < 1.29 is 9.53 Å². The topological polar surface area (TPSA) is 83.1 Å². The SMILES string of the molecule is O=C(NN1CCOCC1)c1cn[nH]n1. The van der Waals surface area contributed by atoms with E-state index in [1.54, 1.807) is 5.01 Å².